The van der Waals surface area contributed by atoms with Crippen molar-refractivity contribution in [3.63, 3.8) is 0 Å². The molecule has 0 aliphatic heterocycles. The fraction of sp³-hybridized carbons (Fsp3) is 0.632. The predicted octanol–water partition coefficient (Wildman–Crippen LogP) is 4.05. The van der Waals surface area contributed by atoms with E-state index in [1.54, 1.807) is 0 Å². The fourth-order valence-corrected chi connectivity index (χ4v) is 3.77. The van der Waals surface area contributed by atoms with Gasteiger partial charge in [-0.2, -0.15) is 11.8 Å². The lowest BCUT2D eigenvalue weighted by molar-refractivity contribution is 0.117. The first-order valence-corrected chi connectivity index (χ1v) is 10.2. The van der Waals surface area contributed by atoms with Crippen LogP contribution in [0.15, 0.2) is 35.3 Å². The highest BCUT2D eigenvalue weighted by Gasteiger charge is 2.24. The van der Waals surface area contributed by atoms with Gasteiger partial charge < -0.3 is 15.4 Å². The third-order valence-corrected chi connectivity index (χ3v) is 5.50. The largest absolute Gasteiger partial charge is 0.377 e. The first kappa shape index (κ1) is 22.6. The molecule has 1 aromatic rings. The molecular formula is C19H32IN3OS. The summed E-state index contributed by atoms with van der Waals surface area (Å²) in [5.41, 5.74) is 1.24. The Kier molecular flexibility index (Phi) is 12.4. The van der Waals surface area contributed by atoms with Crippen molar-refractivity contribution >= 4 is 41.7 Å². The molecule has 2 atom stereocenters. The molecule has 1 aliphatic carbocycles. The van der Waals surface area contributed by atoms with Gasteiger partial charge in [0, 0.05) is 31.5 Å². The maximum absolute atomic E-state index is 5.71. The molecule has 0 spiro atoms. The van der Waals surface area contributed by atoms with Crippen LogP contribution >= 0.6 is 35.7 Å². The van der Waals surface area contributed by atoms with Gasteiger partial charge in [-0.15, -0.1) is 24.0 Å². The fourth-order valence-electron chi connectivity index (χ4n) is 2.97. The molecule has 0 aromatic heterocycles. The average molecular weight is 477 g/mol. The van der Waals surface area contributed by atoms with Crippen molar-refractivity contribution in [1.29, 1.82) is 0 Å². The second kappa shape index (κ2) is 13.7. The van der Waals surface area contributed by atoms with E-state index in [0.717, 1.165) is 37.2 Å². The Hall–Kier alpha value is -0.470. The van der Waals surface area contributed by atoms with E-state index in [9.17, 15) is 0 Å². The van der Waals surface area contributed by atoms with Crippen molar-refractivity contribution in [2.75, 3.05) is 26.5 Å². The summed E-state index contributed by atoms with van der Waals surface area (Å²) < 4.78 is 5.71. The molecule has 1 saturated carbocycles. The Balaban J connectivity index is 0.00000312. The highest BCUT2D eigenvalue weighted by molar-refractivity contribution is 14.0. The molecule has 2 N–H and O–H groups in total. The van der Waals surface area contributed by atoms with E-state index in [1.165, 1.54) is 24.8 Å². The van der Waals surface area contributed by atoms with Crippen molar-refractivity contribution < 1.29 is 4.74 Å². The van der Waals surface area contributed by atoms with Crippen LogP contribution in [0.3, 0.4) is 0 Å². The van der Waals surface area contributed by atoms with Crippen LogP contribution < -0.4 is 10.6 Å². The maximum Gasteiger partial charge on any atom is 0.191 e. The zero-order chi connectivity index (χ0) is 17.0. The molecular weight excluding hydrogens is 445 g/mol. The first-order chi connectivity index (χ1) is 11.8. The molecule has 0 radical (unpaired) electrons. The number of benzene rings is 1. The van der Waals surface area contributed by atoms with Gasteiger partial charge in [-0.3, -0.25) is 4.99 Å². The lowest BCUT2D eigenvalue weighted by Crippen LogP contribution is -2.42. The Labute approximate surface area is 174 Å². The highest BCUT2D eigenvalue weighted by Crippen LogP contribution is 2.27. The van der Waals surface area contributed by atoms with Gasteiger partial charge in [0.05, 0.1) is 6.61 Å². The van der Waals surface area contributed by atoms with Crippen molar-refractivity contribution in [2.45, 2.75) is 50.0 Å². The van der Waals surface area contributed by atoms with Crippen LogP contribution in [0, 0.1) is 0 Å². The molecule has 4 nitrogen and oxygen atoms in total. The van der Waals surface area contributed by atoms with Crippen LogP contribution in [0.2, 0.25) is 0 Å². The number of nitrogens with one attached hydrogen (secondary N) is 2. The Morgan fingerprint density at radius 1 is 1.24 bits per heavy atom. The van der Waals surface area contributed by atoms with E-state index in [1.807, 2.05) is 37.0 Å². The summed E-state index contributed by atoms with van der Waals surface area (Å²) in [7, 11) is 1.85. The van der Waals surface area contributed by atoms with Crippen LogP contribution in [-0.4, -0.2) is 43.7 Å². The Morgan fingerprint density at radius 3 is 2.72 bits per heavy atom. The summed E-state index contributed by atoms with van der Waals surface area (Å²) in [6.45, 7) is 2.45. The molecule has 25 heavy (non-hydrogen) atoms. The standard InChI is InChI=1S/C19H31N3OS.HI/c1-20-19(22-17-10-11-18(14-17)24-2)21-12-6-7-13-23-15-16-8-4-3-5-9-16;/h3-5,8-9,17-18H,6-7,10-15H2,1-2H3,(H2,20,21,22);1H. The van der Waals surface area contributed by atoms with Gasteiger partial charge in [0.1, 0.15) is 0 Å². The number of unbranched alkanes of at least 4 members (excludes halogenated alkanes) is 1. The van der Waals surface area contributed by atoms with E-state index in [-0.39, 0.29) is 24.0 Å². The van der Waals surface area contributed by atoms with Crippen LogP contribution in [0.5, 0.6) is 0 Å². The number of hydrogen-bond donors (Lipinski definition) is 2. The van der Waals surface area contributed by atoms with E-state index in [2.05, 4.69) is 34.0 Å². The topological polar surface area (TPSA) is 45.7 Å². The minimum Gasteiger partial charge on any atom is -0.377 e. The van der Waals surface area contributed by atoms with Crippen molar-refractivity contribution in [2.24, 2.45) is 4.99 Å². The summed E-state index contributed by atoms with van der Waals surface area (Å²) >= 11 is 1.98. The lowest BCUT2D eigenvalue weighted by Gasteiger charge is -2.17. The Bertz CT molecular complexity index is 487. The number of rotatable bonds is 9. The first-order valence-electron chi connectivity index (χ1n) is 8.93. The summed E-state index contributed by atoms with van der Waals surface area (Å²) in [6.07, 6.45) is 8.17. The third-order valence-electron chi connectivity index (χ3n) is 4.40. The van der Waals surface area contributed by atoms with E-state index < -0.39 is 0 Å². The van der Waals surface area contributed by atoms with Crippen LogP contribution in [0.25, 0.3) is 0 Å². The van der Waals surface area contributed by atoms with Gasteiger partial charge in [0.15, 0.2) is 5.96 Å². The van der Waals surface area contributed by atoms with Gasteiger partial charge in [-0.05, 0) is 43.9 Å². The quantitative estimate of drug-likeness (QED) is 0.244. The summed E-state index contributed by atoms with van der Waals surface area (Å²) in [5, 5.41) is 7.77. The van der Waals surface area contributed by atoms with Crippen molar-refractivity contribution in [1.82, 2.24) is 10.6 Å². The molecule has 1 fully saturated rings. The molecule has 0 bridgehead atoms. The van der Waals surface area contributed by atoms with Gasteiger partial charge >= 0.3 is 0 Å². The smallest absolute Gasteiger partial charge is 0.191 e. The van der Waals surface area contributed by atoms with E-state index in [4.69, 9.17) is 4.74 Å². The molecule has 1 aromatic carbocycles. The van der Waals surface area contributed by atoms with Crippen LogP contribution in [0.4, 0.5) is 0 Å². The number of hydrogen-bond acceptors (Lipinski definition) is 3. The van der Waals surface area contributed by atoms with Gasteiger partial charge in [-0.25, -0.2) is 0 Å². The zero-order valence-electron chi connectivity index (χ0n) is 15.4. The number of thioether (sulfide) groups is 1. The van der Waals surface area contributed by atoms with Crippen molar-refractivity contribution in [3.05, 3.63) is 35.9 Å². The highest BCUT2D eigenvalue weighted by atomic mass is 127. The number of nitrogens with zero attached hydrogens (tertiary/aromatic N) is 1. The lowest BCUT2D eigenvalue weighted by atomic mass is 10.2. The normalized spacial score (nSPS) is 20.2. The van der Waals surface area contributed by atoms with E-state index in [0.29, 0.717) is 12.6 Å². The number of guanidine groups is 1. The van der Waals surface area contributed by atoms with Gasteiger partial charge in [0.2, 0.25) is 0 Å². The van der Waals surface area contributed by atoms with Gasteiger partial charge in [0.25, 0.3) is 0 Å². The number of ether oxygens (including phenoxy) is 1. The van der Waals surface area contributed by atoms with Gasteiger partial charge in [-0.1, -0.05) is 30.3 Å². The zero-order valence-corrected chi connectivity index (χ0v) is 18.5. The molecule has 142 valence electrons. The molecule has 2 rings (SSSR count). The van der Waals surface area contributed by atoms with E-state index >= 15 is 0 Å². The molecule has 0 heterocycles. The monoisotopic (exact) mass is 477 g/mol. The summed E-state index contributed by atoms with van der Waals surface area (Å²) in [5.74, 6) is 0.937. The summed E-state index contributed by atoms with van der Waals surface area (Å²) in [4.78, 5) is 4.33. The minimum atomic E-state index is 0. The molecule has 6 heteroatoms. The molecule has 1 aliphatic rings. The van der Waals surface area contributed by atoms with Crippen molar-refractivity contribution in [3.8, 4) is 0 Å². The second-order valence-electron chi connectivity index (χ2n) is 6.26. The average Bonchev–Trinajstić information content (AvgIpc) is 3.08. The summed E-state index contributed by atoms with van der Waals surface area (Å²) in [6, 6.07) is 10.9. The van der Waals surface area contributed by atoms with Crippen LogP contribution in [0.1, 0.15) is 37.7 Å². The number of aliphatic imine (C=N–C) groups is 1. The third kappa shape index (κ3) is 9.15. The molecule has 0 saturated heterocycles. The number of halogens is 1. The van der Waals surface area contributed by atoms with Crippen LogP contribution in [-0.2, 0) is 11.3 Å². The minimum absolute atomic E-state index is 0. The molecule has 0 amide bonds. The Morgan fingerprint density at radius 2 is 2.04 bits per heavy atom. The predicted molar refractivity (Wildman–Crippen MR) is 120 cm³/mol. The second-order valence-corrected chi connectivity index (χ2v) is 7.39. The molecule has 2 unspecified atom stereocenters. The SMILES string of the molecule is CN=C(NCCCCOCc1ccccc1)NC1CCC(SC)C1.I. The maximum atomic E-state index is 5.71.